The zero-order chi connectivity index (χ0) is 18.9. The molecule has 1 aliphatic heterocycles. The van der Waals surface area contributed by atoms with Crippen LogP contribution >= 0.6 is 0 Å². The fraction of sp³-hybridized carbons (Fsp3) is 0.550. The zero-order valence-electron chi connectivity index (χ0n) is 15.7. The molecule has 1 fully saturated rings. The van der Waals surface area contributed by atoms with Crippen LogP contribution in [-0.4, -0.2) is 55.0 Å². The Hall–Kier alpha value is -2.41. The summed E-state index contributed by atoms with van der Waals surface area (Å²) in [4.78, 5) is 16.8. The van der Waals surface area contributed by atoms with Gasteiger partial charge in [0.2, 0.25) is 5.91 Å². The number of hydrogen-bond acceptors (Lipinski definition) is 5. The quantitative estimate of drug-likeness (QED) is 0.813. The van der Waals surface area contributed by atoms with E-state index in [1.165, 1.54) is 0 Å². The second-order valence-electron chi connectivity index (χ2n) is 6.91. The number of nitrogens with one attached hydrogen (secondary N) is 1. The largest absolute Gasteiger partial charge is 0.324 e. The van der Waals surface area contributed by atoms with Crippen molar-refractivity contribution in [3.05, 3.63) is 29.3 Å². The number of aryl methyl sites for hydroxylation is 2. The molecule has 1 amide bonds. The van der Waals surface area contributed by atoms with Crippen LogP contribution in [-0.2, 0) is 4.79 Å². The molecule has 0 bridgehead atoms. The van der Waals surface area contributed by atoms with Crippen LogP contribution in [0.5, 0.6) is 0 Å². The minimum Gasteiger partial charge on any atom is -0.324 e. The highest BCUT2D eigenvalue weighted by molar-refractivity contribution is 5.93. The second-order valence-corrected chi connectivity index (χ2v) is 6.91. The normalized spacial score (nSPS) is 16.5. The van der Waals surface area contributed by atoms with E-state index in [0.29, 0.717) is 25.9 Å². The molecule has 1 N–H and O–H groups in total. The molecule has 0 aromatic heterocycles. The summed E-state index contributed by atoms with van der Waals surface area (Å²) in [6.07, 6.45) is 1.06. The average molecular weight is 353 g/mol. The molecule has 1 atom stereocenters. The van der Waals surface area contributed by atoms with Gasteiger partial charge in [0.15, 0.2) is 0 Å². The molecule has 0 radical (unpaired) electrons. The third-order valence-electron chi connectivity index (χ3n) is 4.84. The van der Waals surface area contributed by atoms with E-state index in [4.69, 9.17) is 5.26 Å². The van der Waals surface area contributed by atoms with E-state index in [0.717, 1.165) is 43.0 Å². The molecule has 2 rings (SSSR count). The van der Waals surface area contributed by atoms with Crippen molar-refractivity contribution in [3.8, 4) is 12.1 Å². The zero-order valence-corrected chi connectivity index (χ0v) is 15.7. The van der Waals surface area contributed by atoms with Gasteiger partial charge in [-0.1, -0.05) is 18.2 Å². The molecule has 6 heteroatoms. The van der Waals surface area contributed by atoms with Crippen LogP contribution in [0.3, 0.4) is 0 Å². The summed E-state index contributed by atoms with van der Waals surface area (Å²) in [6, 6.07) is 10.4. The minimum atomic E-state index is -0.0893. The van der Waals surface area contributed by atoms with Crippen molar-refractivity contribution in [2.45, 2.75) is 26.7 Å². The Morgan fingerprint density at radius 1 is 1.15 bits per heavy atom. The molecule has 138 valence electrons. The number of carbonyl (C=O) groups excluding carboxylic acids is 1. The van der Waals surface area contributed by atoms with Crippen molar-refractivity contribution in [1.29, 1.82) is 10.5 Å². The highest BCUT2D eigenvalue weighted by Gasteiger charge is 2.21. The number of piperazine rings is 1. The Balaban J connectivity index is 1.77. The first-order chi connectivity index (χ1) is 12.5. The number of para-hydroxylation sites is 1. The Morgan fingerprint density at radius 3 is 2.35 bits per heavy atom. The number of hydrogen-bond donors (Lipinski definition) is 1. The first-order valence-electron chi connectivity index (χ1n) is 9.10. The van der Waals surface area contributed by atoms with E-state index >= 15 is 0 Å². The maximum Gasteiger partial charge on any atom is 0.238 e. The average Bonchev–Trinajstić information content (AvgIpc) is 2.63. The standard InChI is InChI=1S/C20H27N5O/c1-16-5-3-6-17(2)20(16)23-19(26)15-25-11-9-24(10-12-25)14-18(13-22)7-4-8-21/h3,5-6,18H,4,7,9-12,14-15H2,1-2H3,(H,23,26)/t18-/m1/s1. The van der Waals surface area contributed by atoms with Gasteiger partial charge in [-0.2, -0.15) is 10.5 Å². The molecule has 0 saturated carbocycles. The minimum absolute atomic E-state index is 0.0137. The van der Waals surface area contributed by atoms with E-state index in [9.17, 15) is 10.1 Å². The van der Waals surface area contributed by atoms with Crippen LogP contribution in [0.4, 0.5) is 5.69 Å². The fourth-order valence-electron chi connectivity index (χ4n) is 3.27. The van der Waals surface area contributed by atoms with Crippen molar-refractivity contribution in [3.63, 3.8) is 0 Å². The summed E-state index contributed by atoms with van der Waals surface area (Å²) in [5.74, 6) is -0.0756. The number of anilines is 1. The Morgan fingerprint density at radius 2 is 1.77 bits per heavy atom. The molecule has 26 heavy (non-hydrogen) atoms. The van der Waals surface area contributed by atoms with E-state index < -0.39 is 0 Å². The lowest BCUT2D eigenvalue weighted by Gasteiger charge is -2.35. The van der Waals surface area contributed by atoms with E-state index in [-0.39, 0.29) is 11.8 Å². The molecular formula is C20H27N5O. The Bertz CT molecular complexity index is 675. The monoisotopic (exact) mass is 353 g/mol. The van der Waals surface area contributed by atoms with Crippen molar-refractivity contribution in [1.82, 2.24) is 9.80 Å². The third-order valence-corrected chi connectivity index (χ3v) is 4.84. The van der Waals surface area contributed by atoms with Gasteiger partial charge in [-0.05, 0) is 31.4 Å². The lowest BCUT2D eigenvalue weighted by molar-refractivity contribution is -0.117. The van der Waals surface area contributed by atoms with Gasteiger partial charge in [-0.25, -0.2) is 0 Å². The van der Waals surface area contributed by atoms with E-state index in [1.54, 1.807) is 0 Å². The lowest BCUT2D eigenvalue weighted by Crippen LogP contribution is -2.49. The number of nitriles is 2. The van der Waals surface area contributed by atoms with Crippen molar-refractivity contribution in [2.24, 2.45) is 5.92 Å². The summed E-state index contributed by atoms with van der Waals surface area (Å²) < 4.78 is 0. The van der Waals surface area contributed by atoms with Crippen LogP contribution < -0.4 is 5.32 Å². The van der Waals surface area contributed by atoms with Gasteiger partial charge in [0, 0.05) is 44.8 Å². The van der Waals surface area contributed by atoms with Gasteiger partial charge in [-0.15, -0.1) is 0 Å². The highest BCUT2D eigenvalue weighted by atomic mass is 16.2. The number of benzene rings is 1. The maximum absolute atomic E-state index is 12.4. The molecule has 1 saturated heterocycles. The van der Waals surface area contributed by atoms with Crippen LogP contribution in [0.2, 0.25) is 0 Å². The predicted molar refractivity (Wildman–Crippen MR) is 101 cm³/mol. The van der Waals surface area contributed by atoms with Gasteiger partial charge in [0.05, 0.1) is 24.6 Å². The maximum atomic E-state index is 12.4. The van der Waals surface area contributed by atoms with Crippen LogP contribution in [0.25, 0.3) is 0 Å². The Kier molecular flexibility index (Phi) is 7.59. The van der Waals surface area contributed by atoms with Crippen molar-refractivity contribution < 1.29 is 4.79 Å². The molecule has 1 heterocycles. The molecule has 6 nitrogen and oxygen atoms in total. The molecule has 0 aliphatic carbocycles. The highest BCUT2D eigenvalue weighted by Crippen LogP contribution is 2.19. The molecule has 1 aliphatic rings. The summed E-state index contributed by atoms with van der Waals surface area (Å²) in [7, 11) is 0. The lowest BCUT2D eigenvalue weighted by atomic mass is 10.0. The van der Waals surface area contributed by atoms with Gasteiger partial charge < -0.3 is 5.32 Å². The van der Waals surface area contributed by atoms with Gasteiger partial charge in [0.25, 0.3) is 0 Å². The first-order valence-corrected chi connectivity index (χ1v) is 9.10. The van der Waals surface area contributed by atoms with Crippen molar-refractivity contribution >= 4 is 11.6 Å². The molecule has 0 unspecified atom stereocenters. The van der Waals surface area contributed by atoms with Crippen molar-refractivity contribution in [2.75, 3.05) is 44.6 Å². The van der Waals surface area contributed by atoms with Gasteiger partial charge in [-0.3, -0.25) is 14.6 Å². The SMILES string of the molecule is Cc1cccc(C)c1NC(=O)CN1CCN(C[C@@H](C#N)CCC#N)CC1. The molecular weight excluding hydrogens is 326 g/mol. The molecule has 1 aromatic rings. The second kappa shape index (κ2) is 9.91. The summed E-state index contributed by atoms with van der Waals surface area (Å²) in [5, 5.41) is 20.9. The van der Waals surface area contributed by atoms with Crippen LogP contribution in [0, 0.1) is 42.4 Å². The smallest absolute Gasteiger partial charge is 0.238 e. The van der Waals surface area contributed by atoms with E-state index in [2.05, 4.69) is 27.3 Å². The summed E-state index contributed by atoms with van der Waals surface area (Å²) >= 11 is 0. The van der Waals surface area contributed by atoms with E-state index in [1.807, 2.05) is 32.0 Å². The number of carbonyl (C=O) groups is 1. The summed E-state index contributed by atoms with van der Waals surface area (Å²) in [5.41, 5.74) is 3.05. The van der Waals surface area contributed by atoms with Crippen LogP contribution in [0.1, 0.15) is 24.0 Å². The third kappa shape index (κ3) is 5.84. The Labute approximate surface area is 156 Å². The number of nitrogens with zero attached hydrogens (tertiary/aromatic N) is 4. The van der Waals surface area contributed by atoms with Gasteiger partial charge in [0.1, 0.15) is 0 Å². The summed E-state index contributed by atoms with van der Waals surface area (Å²) in [6.45, 7) is 8.42. The predicted octanol–water partition coefficient (Wildman–Crippen LogP) is 2.30. The molecule has 0 spiro atoms. The first kappa shape index (κ1) is 19.9. The van der Waals surface area contributed by atoms with Gasteiger partial charge >= 0.3 is 0 Å². The van der Waals surface area contributed by atoms with Crippen LogP contribution in [0.15, 0.2) is 18.2 Å². The topological polar surface area (TPSA) is 83.2 Å². The molecule has 1 aromatic carbocycles. The number of rotatable bonds is 7. The number of amides is 1. The fourth-order valence-corrected chi connectivity index (χ4v) is 3.27.